The molecule has 0 saturated carbocycles. The number of alkyl carbamates (subject to hydrolysis) is 2. The molecule has 0 aliphatic heterocycles. The van der Waals surface area contributed by atoms with Gasteiger partial charge in [0, 0.05) is 13.1 Å². The summed E-state index contributed by atoms with van der Waals surface area (Å²) < 4.78 is 9.35. The van der Waals surface area contributed by atoms with Crippen LogP contribution in [0.25, 0.3) is 44.5 Å². The van der Waals surface area contributed by atoms with E-state index < -0.39 is 18.2 Å². The van der Waals surface area contributed by atoms with Crippen molar-refractivity contribution in [3.63, 3.8) is 0 Å². The number of imidazole rings is 2. The topological polar surface area (TPSA) is 175 Å². The Balaban J connectivity index is 1.10. The number of carbonyl (C=O) groups excluding carboxylic acids is 4. The van der Waals surface area contributed by atoms with E-state index in [1.807, 2.05) is 62.4 Å². The van der Waals surface area contributed by atoms with Crippen molar-refractivity contribution in [1.82, 2.24) is 40.4 Å². The first-order chi connectivity index (χ1) is 27.7. The van der Waals surface area contributed by atoms with Crippen LogP contribution in [0.4, 0.5) is 9.59 Å². The number of hydrogen-bond donors (Lipinski definition) is 4. The van der Waals surface area contributed by atoms with E-state index in [1.165, 1.54) is 14.2 Å². The molecular formula is C43H46N8O6. The second-order valence-electron chi connectivity index (χ2n) is 13.3. The highest BCUT2D eigenvalue weighted by molar-refractivity contribution is 5.87. The van der Waals surface area contributed by atoms with Gasteiger partial charge in [0.2, 0.25) is 11.8 Å². The molecule has 6 rings (SSSR count). The van der Waals surface area contributed by atoms with Gasteiger partial charge in [-0.25, -0.2) is 19.6 Å². The van der Waals surface area contributed by atoms with Crippen molar-refractivity contribution in [2.75, 3.05) is 33.9 Å². The van der Waals surface area contributed by atoms with Crippen LogP contribution in [-0.4, -0.2) is 87.6 Å². The fourth-order valence-corrected chi connectivity index (χ4v) is 6.50. The number of H-pyrrole nitrogens is 2. The first kappa shape index (κ1) is 39.7. The van der Waals surface area contributed by atoms with Crippen LogP contribution in [0.5, 0.6) is 0 Å². The number of nitrogens with zero attached hydrogens (tertiary/aromatic N) is 4. The van der Waals surface area contributed by atoms with Gasteiger partial charge < -0.3 is 39.9 Å². The fourth-order valence-electron chi connectivity index (χ4n) is 6.50. The van der Waals surface area contributed by atoms with Crippen molar-refractivity contribution < 1.29 is 28.7 Å². The zero-order valence-corrected chi connectivity index (χ0v) is 32.4. The van der Waals surface area contributed by atoms with Crippen molar-refractivity contribution in [2.24, 2.45) is 0 Å². The van der Waals surface area contributed by atoms with Gasteiger partial charge in [0.1, 0.15) is 24.2 Å². The Bertz CT molecular complexity index is 2300. The number of amides is 4. The number of aromatic nitrogens is 4. The van der Waals surface area contributed by atoms with Gasteiger partial charge in [0.25, 0.3) is 0 Å². The molecule has 4 amide bonds. The zero-order valence-electron chi connectivity index (χ0n) is 32.4. The first-order valence-corrected chi connectivity index (χ1v) is 18.7. The van der Waals surface area contributed by atoms with E-state index in [0.717, 1.165) is 51.0 Å². The van der Waals surface area contributed by atoms with E-state index in [9.17, 15) is 19.2 Å². The molecule has 0 aliphatic rings. The van der Waals surface area contributed by atoms with Gasteiger partial charge in [-0.1, -0.05) is 91.9 Å². The van der Waals surface area contributed by atoms with E-state index in [2.05, 4.69) is 71.7 Å². The van der Waals surface area contributed by atoms with Crippen molar-refractivity contribution in [3.8, 4) is 33.5 Å². The molecule has 0 unspecified atom stereocenters. The fraction of sp³-hybridized carbons (Fsp3) is 0.256. The minimum Gasteiger partial charge on any atom is -0.453 e. The summed E-state index contributed by atoms with van der Waals surface area (Å²) in [6, 6.07) is 30.8. The lowest BCUT2D eigenvalue weighted by molar-refractivity contribution is -0.134. The number of likely N-dealkylation sites (N-methyl/N-ethyl adjacent to an activating group) is 1. The molecule has 0 bridgehead atoms. The maximum atomic E-state index is 13.8. The molecule has 4 aromatic carbocycles. The quantitative estimate of drug-likeness (QED) is 0.0880. The van der Waals surface area contributed by atoms with Crippen LogP contribution in [0.1, 0.15) is 43.5 Å². The minimum absolute atomic E-state index is 0.157. The van der Waals surface area contributed by atoms with E-state index in [4.69, 9.17) is 4.74 Å². The van der Waals surface area contributed by atoms with E-state index in [1.54, 1.807) is 28.1 Å². The molecule has 294 valence electrons. The lowest BCUT2D eigenvalue weighted by atomic mass is 9.99. The van der Waals surface area contributed by atoms with Crippen LogP contribution < -0.4 is 10.6 Å². The molecular weight excluding hydrogens is 725 g/mol. The number of rotatable bonds is 15. The second kappa shape index (κ2) is 18.6. The highest BCUT2D eigenvalue weighted by atomic mass is 16.5. The van der Waals surface area contributed by atoms with Crippen LogP contribution in [-0.2, 0) is 32.2 Å². The second-order valence-corrected chi connectivity index (χ2v) is 13.3. The maximum Gasteiger partial charge on any atom is 0.407 e. The molecule has 0 aliphatic carbocycles. The average molecular weight is 771 g/mol. The summed E-state index contributed by atoms with van der Waals surface area (Å²) in [6.07, 6.45) is 1.15. The highest BCUT2D eigenvalue weighted by Crippen LogP contribution is 2.29. The van der Waals surface area contributed by atoms with E-state index in [0.29, 0.717) is 30.3 Å². The summed E-state index contributed by atoms with van der Waals surface area (Å²) in [6.45, 7) is 5.17. The van der Waals surface area contributed by atoms with Gasteiger partial charge in [0.15, 0.2) is 0 Å². The third-order valence-corrected chi connectivity index (χ3v) is 9.52. The smallest absolute Gasteiger partial charge is 0.407 e. The molecule has 0 saturated heterocycles. The van der Waals surface area contributed by atoms with Crippen LogP contribution >= 0.6 is 0 Å². The number of nitrogens with one attached hydrogen (secondary N) is 4. The number of ether oxygens (including phenoxy) is 2. The van der Waals surface area contributed by atoms with Crippen LogP contribution in [0.2, 0.25) is 0 Å². The Hall–Kier alpha value is -6.96. The molecule has 4 N–H and O–H groups in total. The zero-order chi connectivity index (χ0) is 40.3. The number of aromatic amines is 2. The molecule has 1 atom stereocenters. The molecule has 2 heterocycles. The molecule has 6 aromatic rings. The van der Waals surface area contributed by atoms with Gasteiger partial charge in [-0.2, -0.15) is 0 Å². The Kier molecular flexibility index (Phi) is 13.0. The number of hydrogen-bond acceptors (Lipinski definition) is 8. The summed E-state index contributed by atoms with van der Waals surface area (Å²) in [4.78, 5) is 69.2. The molecule has 14 heteroatoms. The van der Waals surface area contributed by atoms with E-state index >= 15 is 0 Å². The number of methoxy groups -OCH3 is 2. The normalized spacial score (nSPS) is 11.4. The predicted octanol–water partition coefficient (Wildman–Crippen LogP) is 6.83. The number of carbonyl (C=O) groups is 4. The van der Waals surface area contributed by atoms with Gasteiger partial charge >= 0.3 is 12.2 Å². The largest absolute Gasteiger partial charge is 0.453 e. The lowest BCUT2D eigenvalue weighted by Gasteiger charge is -2.27. The summed E-state index contributed by atoms with van der Waals surface area (Å²) in [5.74, 6) is 0.786. The molecule has 2 aromatic heterocycles. The molecule has 14 nitrogen and oxygen atoms in total. The van der Waals surface area contributed by atoms with Gasteiger partial charge in [-0.05, 0) is 58.9 Å². The van der Waals surface area contributed by atoms with Gasteiger partial charge in [-0.15, -0.1) is 0 Å². The third kappa shape index (κ3) is 9.84. The Morgan fingerprint density at radius 3 is 1.96 bits per heavy atom. The SMILES string of the molecule is CCCN(Cc1ncc(-c2ccc(-c3ccc(-c4ccc5nc(CN(CC)C(=O)CNC(=O)OC)[nH]c5c4)cc3)cc2)[nH]1)C(=O)[C@H](NC(=O)OC)c1ccccc1. The average Bonchev–Trinajstić information content (AvgIpc) is 3.90. The van der Waals surface area contributed by atoms with Gasteiger partial charge in [0.05, 0.1) is 50.2 Å². The van der Waals surface area contributed by atoms with Gasteiger partial charge in [-0.3, -0.25) is 9.59 Å². The number of benzene rings is 4. The molecule has 0 radical (unpaired) electrons. The standard InChI is InChI=1S/C43H46N8O6/c1-5-22-51(41(53)40(49-43(55)57-4)32-10-8-7-9-11-32)26-37-44-24-36(48-37)31-18-16-29(17-19-31)28-12-14-30(15-13-28)33-20-21-34-35(23-33)47-38(46-34)27-50(6-2)39(52)25-45-42(54)56-3/h7-21,23-24,40H,5-6,22,25-27H2,1-4H3,(H,44,48)(H,45,54)(H,46,47)(H,49,55)/t40-/m1/s1. The Morgan fingerprint density at radius 2 is 1.33 bits per heavy atom. The lowest BCUT2D eigenvalue weighted by Crippen LogP contribution is -2.43. The summed E-state index contributed by atoms with van der Waals surface area (Å²) in [5, 5.41) is 5.11. The van der Waals surface area contributed by atoms with Crippen molar-refractivity contribution in [3.05, 3.63) is 120 Å². The summed E-state index contributed by atoms with van der Waals surface area (Å²) >= 11 is 0. The Morgan fingerprint density at radius 1 is 0.719 bits per heavy atom. The molecule has 0 fully saturated rings. The minimum atomic E-state index is -0.901. The van der Waals surface area contributed by atoms with Crippen molar-refractivity contribution in [2.45, 2.75) is 39.4 Å². The van der Waals surface area contributed by atoms with Crippen molar-refractivity contribution in [1.29, 1.82) is 0 Å². The van der Waals surface area contributed by atoms with Crippen LogP contribution in [0.3, 0.4) is 0 Å². The Labute approximate surface area is 330 Å². The summed E-state index contributed by atoms with van der Waals surface area (Å²) in [7, 11) is 2.52. The highest BCUT2D eigenvalue weighted by Gasteiger charge is 2.28. The monoisotopic (exact) mass is 770 g/mol. The third-order valence-electron chi connectivity index (χ3n) is 9.52. The molecule has 0 spiro atoms. The predicted molar refractivity (Wildman–Crippen MR) is 216 cm³/mol. The molecule has 57 heavy (non-hydrogen) atoms. The number of fused-ring (bicyclic) bond motifs is 1. The van der Waals surface area contributed by atoms with Crippen molar-refractivity contribution >= 4 is 35.0 Å². The maximum absolute atomic E-state index is 13.8. The summed E-state index contributed by atoms with van der Waals surface area (Å²) in [5.41, 5.74) is 8.28. The van der Waals surface area contributed by atoms with Crippen LogP contribution in [0.15, 0.2) is 103 Å². The first-order valence-electron chi connectivity index (χ1n) is 18.7. The van der Waals surface area contributed by atoms with E-state index in [-0.39, 0.29) is 31.4 Å². The van der Waals surface area contributed by atoms with Crippen LogP contribution in [0, 0.1) is 0 Å².